The Bertz CT molecular complexity index is 513. The molecule has 1 unspecified atom stereocenters. The van der Waals surface area contributed by atoms with Crippen LogP contribution in [0.25, 0.3) is 0 Å². The van der Waals surface area contributed by atoms with E-state index in [0.29, 0.717) is 0 Å². The molecule has 2 rings (SSSR count). The van der Waals surface area contributed by atoms with Crippen LogP contribution in [0.2, 0.25) is 5.02 Å². The van der Waals surface area contributed by atoms with Crippen molar-refractivity contribution in [1.29, 1.82) is 0 Å². The average Bonchev–Trinajstić information content (AvgIpc) is 2.91. The SMILES string of the molecule is CCCNC(Cc1ccsc1)c1cccc(F)c1Cl. The Balaban J connectivity index is 2.23. The molecular weight excluding hydrogens is 281 g/mol. The second-order valence-electron chi connectivity index (χ2n) is 4.49. The number of nitrogens with one attached hydrogen (secondary N) is 1. The summed E-state index contributed by atoms with van der Waals surface area (Å²) in [4.78, 5) is 0. The smallest absolute Gasteiger partial charge is 0.142 e. The van der Waals surface area contributed by atoms with Gasteiger partial charge in [-0.2, -0.15) is 11.3 Å². The van der Waals surface area contributed by atoms with Gasteiger partial charge >= 0.3 is 0 Å². The number of benzene rings is 1. The van der Waals surface area contributed by atoms with Crippen molar-refractivity contribution in [3.8, 4) is 0 Å². The number of hydrogen-bond donors (Lipinski definition) is 1. The lowest BCUT2D eigenvalue weighted by Gasteiger charge is -2.20. The highest BCUT2D eigenvalue weighted by atomic mass is 35.5. The van der Waals surface area contributed by atoms with E-state index in [9.17, 15) is 4.39 Å². The molecule has 0 saturated carbocycles. The van der Waals surface area contributed by atoms with Gasteiger partial charge in [0.1, 0.15) is 5.82 Å². The lowest BCUT2D eigenvalue weighted by Crippen LogP contribution is -2.24. The Morgan fingerprint density at radius 3 is 2.89 bits per heavy atom. The zero-order valence-corrected chi connectivity index (χ0v) is 12.4. The summed E-state index contributed by atoms with van der Waals surface area (Å²) in [5.41, 5.74) is 2.08. The molecule has 0 amide bonds. The molecule has 0 spiro atoms. The molecule has 2 aromatic rings. The summed E-state index contributed by atoms with van der Waals surface area (Å²) < 4.78 is 13.6. The van der Waals surface area contributed by atoms with Crippen molar-refractivity contribution < 1.29 is 4.39 Å². The minimum Gasteiger partial charge on any atom is -0.310 e. The second kappa shape index (κ2) is 7.04. The van der Waals surface area contributed by atoms with E-state index in [-0.39, 0.29) is 16.9 Å². The maximum absolute atomic E-state index is 13.6. The number of thiophene rings is 1. The number of halogens is 2. The third kappa shape index (κ3) is 3.78. The summed E-state index contributed by atoms with van der Waals surface area (Å²) in [5, 5.41) is 7.85. The van der Waals surface area contributed by atoms with Gasteiger partial charge in [-0.05, 0) is 53.4 Å². The third-order valence-electron chi connectivity index (χ3n) is 3.02. The minimum absolute atomic E-state index is 0.0535. The van der Waals surface area contributed by atoms with Gasteiger partial charge in [0.25, 0.3) is 0 Å². The van der Waals surface area contributed by atoms with Crippen molar-refractivity contribution in [1.82, 2.24) is 5.32 Å². The van der Waals surface area contributed by atoms with Gasteiger partial charge in [0.15, 0.2) is 0 Å². The highest BCUT2D eigenvalue weighted by Crippen LogP contribution is 2.28. The second-order valence-corrected chi connectivity index (χ2v) is 5.64. The third-order valence-corrected chi connectivity index (χ3v) is 4.15. The Morgan fingerprint density at radius 2 is 2.21 bits per heavy atom. The number of hydrogen-bond acceptors (Lipinski definition) is 2. The van der Waals surface area contributed by atoms with Crippen LogP contribution in [-0.2, 0) is 6.42 Å². The molecule has 1 N–H and O–H groups in total. The Morgan fingerprint density at radius 1 is 1.37 bits per heavy atom. The van der Waals surface area contributed by atoms with Crippen LogP contribution < -0.4 is 5.32 Å². The molecule has 19 heavy (non-hydrogen) atoms. The summed E-state index contributed by atoms with van der Waals surface area (Å²) >= 11 is 7.77. The fourth-order valence-corrected chi connectivity index (χ4v) is 2.98. The first-order chi connectivity index (χ1) is 9.22. The standard InChI is InChI=1S/C15H17ClFNS/c1-2-7-18-14(9-11-6-8-19-10-11)12-4-3-5-13(17)15(12)16/h3-6,8,10,14,18H,2,7,9H2,1H3. The van der Waals surface area contributed by atoms with Crippen molar-refractivity contribution >= 4 is 22.9 Å². The summed E-state index contributed by atoms with van der Waals surface area (Å²) in [6, 6.07) is 7.15. The molecule has 1 atom stereocenters. The van der Waals surface area contributed by atoms with Gasteiger partial charge in [-0.15, -0.1) is 0 Å². The first-order valence-corrected chi connectivity index (χ1v) is 7.72. The molecule has 4 heteroatoms. The van der Waals surface area contributed by atoms with E-state index in [2.05, 4.69) is 29.1 Å². The molecule has 0 radical (unpaired) electrons. The molecule has 0 fully saturated rings. The lowest BCUT2D eigenvalue weighted by atomic mass is 10.00. The van der Waals surface area contributed by atoms with Crippen LogP contribution in [-0.4, -0.2) is 6.54 Å². The molecule has 0 aliphatic heterocycles. The average molecular weight is 298 g/mol. The van der Waals surface area contributed by atoms with Gasteiger partial charge < -0.3 is 5.32 Å². The lowest BCUT2D eigenvalue weighted by molar-refractivity contribution is 0.525. The first-order valence-electron chi connectivity index (χ1n) is 6.40. The topological polar surface area (TPSA) is 12.0 Å². The Hall–Kier alpha value is -0.900. The summed E-state index contributed by atoms with van der Waals surface area (Å²) in [7, 11) is 0. The van der Waals surface area contributed by atoms with Crippen LogP contribution in [0.5, 0.6) is 0 Å². The van der Waals surface area contributed by atoms with Gasteiger partial charge in [-0.25, -0.2) is 4.39 Å². The molecule has 0 aliphatic carbocycles. The van der Waals surface area contributed by atoms with Crippen molar-refractivity contribution in [3.05, 3.63) is 57.0 Å². The molecule has 102 valence electrons. The van der Waals surface area contributed by atoms with Crippen LogP contribution in [0.4, 0.5) is 4.39 Å². The highest BCUT2D eigenvalue weighted by molar-refractivity contribution is 7.07. The van der Waals surface area contributed by atoms with Crippen LogP contribution in [0.15, 0.2) is 35.0 Å². The Labute approximate surface area is 122 Å². The monoisotopic (exact) mass is 297 g/mol. The van der Waals surface area contributed by atoms with Crippen molar-refractivity contribution in [2.75, 3.05) is 6.54 Å². The minimum atomic E-state index is -0.354. The quantitative estimate of drug-likeness (QED) is 0.806. The van der Waals surface area contributed by atoms with Crippen molar-refractivity contribution in [2.45, 2.75) is 25.8 Å². The Kier molecular flexibility index (Phi) is 5.37. The van der Waals surface area contributed by atoms with E-state index in [1.807, 2.05) is 6.07 Å². The summed E-state index contributed by atoms with van der Waals surface area (Å²) in [6.45, 7) is 3.00. The van der Waals surface area contributed by atoms with E-state index < -0.39 is 0 Å². The van der Waals surface area contributed by atoms with Gasteiger partial charge in [0.2, 0.25) is 0 Å². The van der Waals surface area contributed by atoms with E-state index in [0.717, 1.165) is 24.9 Å². The molecule has 1 aromatic heterocycles. The zero-order valence-electron chi connectivity index (χ0n) is 10.8. The van der Waals surface area contributed by atoms with Gasteiger partial charge in [-0.1, -0.05) is 30.7 Å². The van der Waals surface area contributed by atoms with Crippen LogP contribution in [0, 0.1) is 5.82 Å². The number of rotatable bonds is 6. The maximum atomic E-state index is 13.6. The molecule has 0 aliphatic rings. The molecule has 0 saturated heterocycles. The van der Waals surface area contributed by atoms with E-state index in [1.165, 1.54) is 11.6 Å². The predicted octanol–water partition coefficient (Wildman–Crippen LogP) is 4.82. The van der Waals surface area contributed by atoms with Crippen LogP contribution in [0.3, 0.4) is 0 Å². The molecule has 1 heterocycles. The van der Waals surface area contributed by atoms with Gasteiger partial charge in [0.05, 0.1) is 5.02 Å². The highest BCUT2D eigenvalue weighted by Gasteiger charge is 2.17. The summed E-state index contributed by atoms with van der Waals surface area (Å²) in [6.07, 6.45) is 1.86. The van der Waals surface area contributed by atoms with E-state index in [4.69, 9.17) is 11.6 Å². The normalized spacial score (nSPS) is 12.6. The van der Waals surface area contributed by atoms with Crippen LogP contribution in [0.1, 0.15) is 30.5 Å². The first kappa shape index (κ1) is 14.5. The van der Waals surface area contributed by atoms with Gasteiger partial charge in [-0.3, -0.25) is 0 Å². The largest absolute Gasteiger partial charge is 0.310 e. The molecule has 0 bridgehead atoms. The maximum Gasteiger partial charge on any atom is 0.142 e. The zero-order chi connectivity index (χ0) is 13.7. The predicted molar refractivity (Wildman–Crippen MR) is 80.5 cm³/mol. The fourth-order valence-electron chi connectivity index (χ4n) is 2.04. The molecule has 1 nitrogen and oxygen atoms in total. The van der Waals surface area contributed by atoms with Crippen LogP contribution >= 0.6 is 22.9 Å². The van der Waals surface area contributed by atoms with Crippen molar-refractivity contribution in [3.63, 3.8) is 0 Å². The van der Waals surface area contributed by atoms with Gasteiger partial charge in [0, 0.05) is 6.04 Å². The molecule has 1 aromatic carbocycles. The van der Waals surface area contributed by atoms with Crippen molar-refractivity contribution in [2.24, 2.45) is 0 Å². The fraction of sp³-hybridized carbons (Fsp3) is 0.333. The van der Waals surface area contributed by atoms with E-state index in [1.54, 1.807) is 17.4 Å². The summed E-state index contributed by atoms with van der Waals surface area (Å²) in [5.74, 6) is -0.354. The van der Waals surface area contributed by atoms with E-state index >= 15 is 0 Å². The molecular formula is C15H17ClFNS.